The molecule has 0 radical (unpaired) electrons. The van der Waals surface area contributed by atoms with Crippen LogP contribution in [0.3, 0.4) is 0 Å². The van der Waals surface area contributed by atoms with E-state index >= 15 is 0 Å². The first-order chi connectivity index (χ1) is 18.9. The first-order valence-corrected chi connectivity index (χ1v) is 15.1. The highest BCUT2D eigenvalue weighted by atomic mass is 16.5. The Morgan fingerprint density at radius 3 is 1.77 bits per heavy atom. The summed E-state index contributed by atoms with van der Waals surface area (Å²) in [7, 11) is 0. The van der Waals surface area contributed by atoms with E-state index in [1.165, 1.54) is 51.4 Å². The number of ether oxygens (including phenoxy) is 4. The van der Waals surface area contributed by atoms with E-state index < -0.39 is 0 Å². The lowest BCUT2D eigenvalue weighted by Gasteiger charge is -2.24. The van der Waals surface area contributed by atoms with Gasteiger partial charge in [0.05, 0.1) is 32.5 Å². The minimum atomic E-state index is 0.0894. The number of hydrogen-bond acceptors (Lipinski definition) is 7. The predicted octanol–water partition coefficient (Wildman–Crippen LogP) is 6.17. The second-order valence-corrected chi connectivity index (χ2v) is 9.38. The van der Waals surface area contributed by atoms with Crippen molar-refractivity contribution in [3.05, 3.63) is 12.7 Å². The molecular formula is C31H62N2O6. The van der Waals surface area contributed by atoms with Crippen molar-refractivity contribution in [3.63, 3.8) is 0 Å². The molecule has 8 heteroatoms. The molecule has 8 nitrogen and oxygen atoms in total. The van der Waals surface area contributed by atoms with Crippen LogP contribution in [0.5, 0.6) is 0 Å². The van der Waals surface area contributed by atoms with Gasteiger partial charge >= 0.3 is 0 Å². The Morgan fingerprint density at radius 2 is 1.49 bits per heavy atom. The Bertz CT molecular complexity index is 494. The van der Waals surface area contributed by atoms with Crippen LogP contribution in [0.4, 0.5) is 0 Å². The lowest BCUT2D eigenvalue weighted by atomic mass is 10.0. The molecule has 0 unspecified atom stereocenters. The molecule has 1 N–H and O–H groups in total. The molecule has 0 aromatic heterocycles. The zero-order valence-electron chi connectivity index (χ0n) is 26.1. The molecule has 0 aromatic carbocycles. The van der Waals surface area contributed by atoms with Crippen LogP contribution in [-0.4, -0.2) is 88.5 Å². The van der Waals surface area contributed by atoms with Crippen LogP contribution in [0.15, 0.2) is 12.7 Å². The maximum Gasteiger partial charge on any atom is 0.219 e. The van der Waals surface area contributed by atoms with Gasteiger partial charge in [-0.25, -0.2) is 0 Å². The van der Waals surface area contributed by atoms with Gasteiger partial charge in [0.1, 0.15) is 0 Å². The molecule has 3 rings (SSSR count). The van der Waals surface area contributed by atoms with Gasteiger partial charge in [-0.15, -0.1) is 6.58 Å². The van der Waals surface area contributed by atoms with Crippen LogP contribution in [0.1, 0.15) is 98.8 Å². The third-order valence-corrected chi connectivity index (χ3v) is 5.56. The maximum absolute atomic E-state index is 10.7. The first kappa shape index (κ1) is 42.0. The average Bonchev–Trinajstić information content (AvgIpc) is 2.97. The molecular weight excluding hydrogens is 496 g/mol. The lowest BCUT2D eigenvalue weighted by molar-refractivity contribution is -0.129. The van der Waals surface area contributed by atoms with Gasteiger partial charge < -0.3 is 29.0 Å². The van der Waals surface area contributed by atoms with E-state index in [9.17, 15) is 4.79 Å². The molecule has 39 heavy (non-hydrogen) atoms. The van der Waals surface area contributed by atoms with Crippen molar-refractivity contribution < 1.29 is 28.8 Å². The Balaban J connectivity index is -0.000000411. The lowest BCUT2D eigenvalue weighted by Crippen LogP contribution is -2.33. The molecule has 3 aliphatic rings. The van der Waals surface area contributed by atoms with Crippen molar-refractivity contribution in [3.8, 4) is 6.07 Å². The fourth-order valence-corrected chi connectivity index (χ4v) is 3.25. The summed E-state index contributed by atoms with van der Waals surface area (Å²) in [5, 5.41) is 16.1. The number of nitrogens with zero attached hydrogens (tertiary/aromatic N) is 2. The summed E-state index contributed by atoms with van der Waals surface area (Å²) >= 11 is 0. The van der Waals surface area contributed by atoms with Crippen molar-refractivity contribution in [2.24, 2.45) is 5.92 Å². The van der Waals surface area contributed by atoms with Crippen LogP contribution in [0.25, 0.3) is 0 Å². The van der Waals surface area contributed by atoms with Gasteiger partial charge in [-0.3, -0.25) is 4.79 Å². The number of carbonyl (C=O) groups excluding carboxylic acids is 1. The molecule has 0 aromatic rings. The van der Waals surface area contributed by atoms with Gasteiger partial charge in [-0.05, 0) is 77.6 Å². The molecule has 3 heterocycles. The zero-order chi connectivity index (χ0) is 29.8. The molecule has 0 saturated carbocycles. The van der Waals surface area contributed by atoms with Crippen LogP contribution in [0.2, 0.25) is 0 Å². The smallest absolute Gasteiger partial charge is 0.219 e. The third kappa shape index (κ3) is 41.1. The van der Waals surface area contributed by atoms with Crippen molar-refractivity contribution in [1.82, 2.24) is 4.90 Å². The van der Waals surface area contributed by atoms with E-state index in [4.69, 9.17) is 29.3 Å². The molecule has 3 fully saturated rings. The summed E-state index contributed by atoms with van der Waals surface area (Å²) in [5.74, 6) is 1.14. The van der Waals surface area contributed by atoms with E-state index in [1.54, 1.807) is 13.0 Å². The number of carbonyl (C=O) groups is 1. The second-order valence-electron chi connectivity index (χ2n) is 9.38. The van der Waals surface area contributed by atoms with Crippen molar-refractivity contribution in [2.75, 3.05) is 72.6 Å². The Hall–Kier alpha value is -1.50. The minimum Gasteiger partial charge on any atom is -0.394 e. The quantitative estimate of drug-likeness (QED) is 0.294. The summed E-state index contributed by atoms with van der Waals surface area (Å²) in [6, 6.07) is 2.02. The van der Waals surface area contributed by atoms with Crippen LogP contribution >= 0.6 is 0 Å². The van der Waals surface area contributed by atoms with E-state index in [0.29, 0.717) is 26.2 Å². The number of aliphatic hydroxyl groups excluding tert-OH is 1. The predicted molar refractivity (Wildman–Crippen MR) is 161 cm³/mol. The van der Waals surface area contributed by atoms with Crippen LogP contribution < -0.4 is 0 Å². The summed E-state index contributed by atoms with van der Waals surface area (Å²) in [6.45, 7) is 21.5. The van der Waals surface area contributed by atoms with E-state index in [0.717, 1.165) is 58.5 Å². The third-order valence-electron chi connectivity index (χ3n) is 5.56. The Kier molecular flexibility index (Phi) is 41.6. The SMILES string of the molecule is C1CCOCC1.C=CC.CC(=O)N1CCCCC1.CC1CCOCC1.CCCC#N.CCOCCOCCO. The Morgan fingerprint density at radius 1 is 0.974 bits per heavy atom. The van der Waals surface area contributed by atoms with Crippen molar-refractivity contribution in [1.29, 1.82) is 5.26 Å². The number of unbranched alkanes of at least 4 members (excludes halogenated alkanes) is 1. The van der Waals surface area contributed by atoms with E-state index in [-0.39, 0.29) is 12.5 Å². The van der Waals surface area contributed by atoms with Gasteiger partial charge in [-0.1, -0.05) is 19.9 Å². The molecule has 3 aliphatic heterocycles. The topological polar surface area (TPSA) is 101 Å². The number of nitriles is 1. The molecule has 0 spiro atoms. The molecule has 1 amide bonds. The average molecular weight is 559 g/mol. The van der Waals surface area contributed by atoms with E-state index in [2.05, 4.69) is 13.5 Å². The number of allylic oxidation sites excluding steroid dienone is 1. The van der Waals surface area contributed by atoms with Crippen molar-refractivity contribution >= 4 is 5.91 Å². The Labute approximate surface area is 241 Å². The largest absolute Gasteiger partial charge is 0.394 e. The molecule has 232 valence electrons. The highest BCUT2D eigenvalue weighted by Gasteiger charge is 2.11. The maximum atomic E-state index is 10.7. The number of aliphatic hydroxyl groups is 1. The monoisotopic (exact) mass is 558 g/mol. The molecule has 0 atom stereocenters. The van der Waals surface area contributed by atoms with Crippen molar-refractivity contribution in [2.45, 2.75) is 98.8 Å². The standard InChI is InChI=1S/C7H13NO.C6H14O3.C6H12O.C5H10O.C4H7N.C3H6/c1-7(9)8-5-3-2-4-6-8;1-2-8-5-6-9-4-3-7;1-6-2-4-7-5-3-6;1-2-4-6-5-3-1;1-2-3-4-5;1-3-2/h2-6H2,1H3;7H,2-6H2,1H3;6H,2-5H2,1H3;1-5H2;2-3H2,1H3;3H,1H2,2H3. The molecule has 0 aliphatic carbocycles. The normalized spacial score (nSPS) is 16.3. The van der Waals surface area contributed by atoms with Gasteiger partial charge in [0.25, 0.3) is 0 Å². The molecule has 3 saturated heterocycles. The number of rotatable bonds is 7. The number of hydrogen-bond donors (Lipinski definition) is 1. The highest BCUT2D eigenvalue weighted by Crippen LogP contribution is 2.12. The summed E-state index contributed by atoms with van der Waals surface area (Å²) < 4.78 is 20.1. The van der Waals surface area contributed by atoms with Gasteiger partial charge in [0, 0.05) is 59.5 Å². The minimum absolute atomic E-state index is 0.0894. The highest BCUT2D eigenvalue weighted by molar-refractivity contribution is 5.73. The van der Waals surface area contributed by atoms with E-state index in [1.807, 2.05) is 31.7 Å². The fraction of sp³-hybridized carbons (Fsp3) is 0.871. The second kappa shape index (κ2) is 38.6. The summed E-state index contributed by atoms with van der Waals surface area (Å²) in [4.78, 5) is 12.6. The van der Waals surface area contributed by atoms with Gasteiger partial charge in [0.15, 0.2) is 0 Å². The number of amides is 1. The number of likely N-dealkylation sites (tertiary alicyclic amines) is 1. The summed E-state index contributed by atoms with van der Waals surface area (Å²) in [5.41, 5.74) is 0. The van der Waals surface area contributed by atoms with Crippen LogP contribution in [-0.2, 0) is 23.7 Å². The summed E-state index contributed by atoms with van der Waals surface area (Å²) in [6.07, 6.45) is 13.6. The molecule has 0 bridgehead atoms. The fourth-order valence-electron chi connectivity index (χ4n) is 3.25. The zero-order valence-corrected chi connectivity index (χ0v) is 26.1. The first-order valence-electron chi connectivity index (χ1n) is 15.1. The number of piperidine rings is 1. The van der Waals surface area contributed by atoms with Crippen LogP contribution in [0, 0.1) is 17.2 Å². The van der Waals surface area contributed by atoms with Gasteiger partial charge in [0.2, 0.25) is 5.91 Å². The van der Waals surface area contributed by atoms with Gasteiger partial charge in [-0.2, -0.15) is 5.26 Å².